The minimum atomic E-state index is -1.00. The second-order valence-electron chi connectivity index (χ2n) is 4.36. The summed E-state index contributed by atoms with van der Waals surface area (Å²) in [7, 11) is 0. The van der Waals surface area contributed by atoms with E-state index in [0.29, 0.717) is 16.8 Å². The largest absolute Gasteiger partial charge is 0.458 e. The molecule has 0 fully saturated rings. The Balaban J connectivity index is 1.85. The van der Waals surface area contributed by atoms with Gasteiger partial charge in [0.1, 0.15) is 23.3 Å². The molecule has 0 aliphatic carbocycles. The van der Waals surface area contributed by atoms with Crippen LogP contribution in [0.3, 0.4) is 0 Å². The van der Waals surface area contributed by atoms with Crippen molar-refractivity contribution in [1.29, 1.82) is 0 Å². The molecule has 1 unspecified atom stereocenters. The molecule has 21 heavy (non-hydrogen) atoms. The monoisotopic (exact) mass is 330 g/mol. The summed E-state index contributed by atoms with van der Waals surface area (Å²) < 4.78 is 18.8. The Bertz CT molecular complexity index is 750. The van der Waals surface area contributed by atoms with E-state index in [9.17, 15) is 9.50 Å². The van der Waals surface area contributed by atoms with E-state index < -0.39 is 11.9 Å². The molecule has 0 aliphatic rings. The molecular formula is C12H9Cl2FN4O2. The van der Waals surface area contributed by atoms with Crippen molar-refractivity contribution in [3.05, 3.63) is 40.6 Å². The zero-order valence-electron chi connectivity index (χ0n) is 10.5. The van der Waals surface area contributed by atoms with Crippen LogP contribution < -0.4 is 0 Å². The van der Waals surface area contributed by atoms with Gasteiger partial charge < -0.3 is 9.52 Å². The molecule has 1 N–H and O–H groups in total. The van der Waals surface area contributed by atoms with E-state index in [-0.39, 0.29) is 23.2 Å². The number of hydrogen-bond donors (Lipinski definition) is 1. The lowest BCUT2D eigenvalue weighted by molar-refractivity contribution is 0.122. The van der Waals surface area contributed by atoms with Crippen LogP contribution in [0.15, 0.2) is 22.6 Å². The fourth-order valence-corrected chi connectivity index (χ4v) is 2.15. The topological polar surface area (TPSA) is 77.0 Å². The fraction of sp³-hybridized carbons (Fsp3) is 0.250. The highest BCUT2D eigenvalue weighted by Crippen LogP contribution is 2.28. The lowest BCUT2D eigenvalue weighted by Gasteiger charge is -2.05. The Morgan fingerprint density at radius 2 is 2.19 bits per heavy atom. The van der Waals surface area contributed by atoms with Gasteiger partial charge in [-0.1, -0.05) is 11.6 Å². The summed E-state index contributed by atoms with van der Waals surface area (Å²) in [5, 5.41) is 22.1. The summed E-state index contributed by atoms with van der Waals surface area (Å²) in [6.45, 7) is 0.0416. The van der Waals surface area contributed by atoms with Crippen LogP contribution in [0.25, 0.3) is 11.0 Å². The first-order chi connectivity index (χ1) is 10.1. The summed E-state index contributed by atoms with van der Waals surface area (Å²) >= 11 is 11.3. The van der Waals surface area contributed by atoms with Gasteiger partial charge in [-0.25, -0.2) is 4.39 Å². The van der Waals surface area contributed by atoms with E-state index in [2.05, 4.69) is 15.4 Å². The maximum atomic E-state index is 13.3. The van der Waals surface area contributed by atoms with E-state index >= 15 is 0 Å². The van der Waals surface area contributed by atoms with Gasteiger partial charge in [0.05, 0.1) is 17.4 Å². The molecule has 0 saturated heterocycles. The second kappa shape index (κ2) is 5.59. The number of aromatic nitrogens is 4. The molecule has 2 heterocycles. The van der Waals surface area contributed by atoms with E-state index in [0.717, 1.165) is 0 Å². The third kappa shape index (κ3) is 2.85. The number of nitrogens with zero attached hydrogens (tertiary/aromatic N) is 4. The minimum Gasteiger partial charge on any atom is -0.458 e. The smallest absolute Gasteiger partial charge is 0.189 e. The van der Waals surface area contributed by atoms with Crippen LogP contribution >= 0.6 is 23.2 Å². The third-order valence-corrected chi connectivity index (χ3v) is 3.39. The number of benzene rings is 1. The molecule has 0 aliphatic heterocycles. The van der Waals surface area contributed by atoms with Gasteiger partial charge in [0.25, 0.3) is 0 Å². The van der Waals surface area contributed by atoms with Gasteiger partial charge in [0.2, 0.25) is 0 Å². The predicted molar refractivity (Wildman–Crippen MR) is 73.5 cm³/mol. The zero-order valence-corrected chi connectivity index (χ0v) is 12.0. The molecular weight excluding hydrogens is 322 g/mol. The quantitative estimate of drug-likeness (QED) is 0.744. The number of hydrogen-bond acceptors (Lipinski definition) is 5. The van der Waals surface area contributed by atoms with Gasteiger partial charge in [0, 0.05) is 11.5 Å². The summed E-state index contributed by atoms with van der Waals surface area (Å²) in [6, 6.07) is 4.20. The first-order valence-electron chi connectivity index (χ1n) is 5.96. The highest BCUT2D eigenvalue weighted by molar-refractivity contribution is 6.31. The molecule has 0 saturated carbocycles. The molecule has 1 aromatic carbocycles. The Labute approximate surface area is 128 Å². The number of rotatable bonds is 4. The lowest BCUT2D eigenvalue weighted by atomic mass is 10.2. The zero-order chi connectivity index (χ0) is 15.0. The number of aliphatic hydroxyl groups is 1. The number of tetrazole rings is 1. The Hall–Kier alpha value is -1.70. The average molecular weight is 331 g/mol. The maximum absolute atomic E-state index is 13.3. The first-order valence-corrected chi connectivity index (χ1v) is 6.87. The highest BCUT2D eigenvalue weighted by Gasteiger charge is 2.17. The van der Waals surface area contributed by atoms with Crippen LogP contribution in [0.2, 0.25) is 5.02 Å². The van der Waals surface area contributed by atoms with Gasteiger partial charge in [-0.2, -0.15) is 4.80 Å². The van der Waals surface area contributed by atoms with E-state index in [1.165, 1.54) is 16.9 Å². The van der Waals surface area contributed by atoms with Crippen molar-refractivity contribution >= 4 is 34.2 Å². The molecule has 0 amide bonds. The van der Waals surface area contributed by atoms with Crippen molar-refractivity contribution in [3.8, 4) is 0 Å². The summed E-state index contributed by atoms with van der Waals surface area (Å²) in [4.78, 5) is 1.21. The van der Waals surface area contributed by atoms with Crippen LogP contribution in [0, 0.1) is 5.82 Å². The predicted octanol–water partition coefficient (Wildman–Crippen LogP) is 2.68. The van der Waals surface area contributed by atoms with Gasteiger partial charge in [0.15, 0.2) is 5.82 Å². The minimum absolute atomic E-state index is 0.00552. The summed E-state index contributed by atoms with van der Waals surface area (Å²) in [5.74, 6) is 0.182. The molecule has 2 aromatic heterocycles. The van der Waals surface area contributed by atoms with Gasteiger partial charge in [-0.05, 0) is 17.3 Å². The number of fused-ring (bicyclic) bond motifs is 1. The third-order valence-electron chi connectivity index (χ3n) is 2.86. The standard InChI is InChI=1S/C12H9Cl2FN4O2/c13-4-12-16-18-19(17-12)5-9(20)11-2-6-1-7(14)8(15)3-10(6)21-11/h1-3,9,20H,4-5H2. The fourth-order valence-electron chi connectivity index (χ4n) is 1.87. The van der Waals surface area contributed by atoms with Crippen molar-refractivity contribution in [2.45, 2.75) is 18.5 Å². The lowest BCUT2D eigenvalue weighted by Crippen LogP contribution is -2.11. The number of aliphatic hydroxyl groups excluding tert-OH is 1. The van der Waals surface area contributed by atoms with Gasteiger partial charge in [-0.15, -0.1) is 21.8 Å². The molecule has 0 radical (unpaired) electrons. The average Bonchev–Trinajstić information content (AvgIpc) is 3.06. The Morgan fingerprint density at radius 3 is 2.90 bits per heavy atom. The van der Waals surface area contributed by atoms with E-state index in [1.54, 1.807) is 6.07 Å². The Kier molecular flexibility index (Phi) is 3.79. The molecule has 1 atom stereocenters. The van der Waals surface area contributed by atoms with Gasteiger partial charge >= 0.3 is 0 Å². The molecule has 0 spiro atoms. The van der Waals surface area contributed by atoms with Crippen LogP contribution in [0.5, 0.6) is 0 Å². The van der Waals surface area contributed by atoms with Crippen molar-refractivity contribution in [3.63, 3.8) is 0 Å². The summed E-state index contributed by atoms with van der Waals surface area (Å²) in [6.07, 6.45) is -1.00. The molecule has 9 heteroatoms. The highest BCUT2D eigenvalue weighted by atomic mass is 35.5. The molecule has 0 bridgehead atoms. The number of halogens is 3. The van der Waals surface area contributed by atoms with E-state index in [1.807, 2.05) is 0 Å². The number of furan rings is 1. The maximum Gasteiger partial charge on any atom is 0.189 e. The van der Waals surface area contributed by atoms with Crippen LogP contribution in [-0.4, -0.2) is 25.3 Å². The normalized spacial score (nSPS) is 13.0. The number of alkyl halides is 1. The van der Waals surface area contributed by atoms with Gasteiger partial charge in [-0.3, -0.25) is 0 Å². The SMILES string of the molecule is OC(Cn1nnc(CCl)n1)c1cc2cc(Cl)c(F)cc2o1. The van der Waals surface area contributed by atoms with Crippen LogP contribution in [0.4, 0.5) is 4.39 Å². The molecule has 3 aromatic rings. The van der Waals surface area contributed by atoms with E-state index in [4.69, 9.17) is 27.6 Å². The van der Waals surface area contributed by atoms with Crippen molar-refractivity contribution in [1.82, 2.24) is 20.2 Å². The summed E-state index contributed by atoms with van der Waals surface area (Å²) in [5.41, 5.74) is 0.305. The molecule has 110 valence electrons. The molecule has 6 nitrogen and oxygen atoms in total. The first kappa shape index (κ1) is 14.2. The van der Waals surface area contributed by atoms with Crippen molar-refractivity contribution in [2.24, 2.45) is 0 Å². The van der Waals surface area contributed by atoms with Crippen molar-refractivity contribution in [2.75, 3.05) is 0 Å². The molecule has 3 rings (SSSR count). The van der Waals surface area contributed by atoms with Crippen LogP contribution in [0.1, 0.15) is 17.7 Å². The second-order valence-corrected chi connectivity index (χ2v) is 5.04. The van der Waals surface area contributed by atoms with Crippen molar-refractivity contribution < 1.29 is 13.9 Å². The van der Waals surface area contributed by atoms with Crippen LogP contribution in [-0.2, 0) is 12.4 Å². The Morgan fingerprint density at radius 1 is 1.38 bits per heavy atom.